The molecule has 2 heteroatoms. The molecule has 0 rings (SSSR count). The summed E-state index contributed by atoms with van der Waals surface area (Å²) >= 11 is 0. The van der Waals surface area contributed by atoms with Gasteiger partial charge in [0.1, 0.15) is 0 Å². The molecule has 0 aliphatic rings. The Balaban J connectivity index is -0.000000126. The molecule has 0 fully saturated rings. The van der Waals surface area contributed by atoms with Gasteiger partial charge in [-0.1, -0.05) is 46.5 Å². The van der Waals surface area contributed by atoms with E-state index >= 15 is 0 Å². The minimum absolute atomic E-state index is 0. The summed E-state index contributed by atoms with van der Waals surface area (Å²) in [4.78, 5) is 0. The number of hydrogen-bond donors (Lipinski definition) is 0. The zero-order chi connectivity index (χ0) is 9.11. The zero-order valence-corrected chi connectivity index (χ0v) is 13.0. The smallest absolute Gasteiger partial charge is 0 e. The van der Waals surface area contributed by atoms with E-state index < -0.39 is 0 Å². The fourth-order valence-electron chi connectivity index (χ4n) is 0.493. The second kappa shape index (κ2) is 18.3. The summed E-state index contributed by atoms with van der Waals surface area (Å²) in [7, 11) is 2.70. The molecule has 1 atom stereocenters. The van der Waals surface area contributed by atoms with Gasteiger partial charge in [0.15, 0.2) is 0 Å². The molecule has 0 N–H and O–H groups in total. The summed E-state index contributed by atoms with van der Waals surface area (Å²) in [6, 6.07) is 0. The van der Waals surface area contributed by atoms with Crippen molar-refractivity contribution >= 4 is 9.24 Å². The molecular weight excluding hydrogens is 240 g/mol. The first-order valence-electron chi connectivity index (χ1n) is 4.75. The standard InChI is InChI=1S/C6H13.C4H11P.Y/c1-4-6(3)5-2;1-2-3-4-5;/h6H,3-5H2,1-2H3;2-5H2,1H3;/q-1;;. The maximum absolute atomic E-state index is 3.88. The Morgan fingerprint density at radius 3 is 1.58 bits per heavy atom. The van der Waals surface area contributed by atoms with Gasteiger partial charge < -0.3 is 6.92 Å². The third-order valence-corrected chi connectivity index (χ3v) is 2.12. The third kappa shape index (κ3) is 22.5. The number of hydrogen-bond acceptors (Lipinski definition) is 0. The molecule has 0 bridgehead atoms. The Labute approximate surface area is 107 Å². The molecule has 0 aromatic carbocycles. The van der Waals surface area contributed by atoms with E-state index in [0.717, 1.165) is 0 Å². The van der Waals surface area contributed by atoms with Gasteiger partial charge in [-0.15, -0.1) is 9.24 Å². The predicted octanol–water partition coefficient (Wildman–Crippen LogP) is 3.92. The van der Waals surface area contributed by atoms with Crippen LogP contribution >= 0.6 is 9.24 Å². The van der Waals surface area contributed by atoms with Crippen LogP contribution in [0.5, 0.6) is 0 Å². The van der Waals surface area contributed by atoms with Gasteiger partial charge in [-0.25, -0.2) is 0 Å². The minimum atomic E-state index is 0. The molecule has 0 aromatic rings. The Morgan fingerprint density at radius 2 is 1.58 bits per heavy atom. The molecule has 73 valence electrons. The van der Waals surface area contributed by atoms with Crippen LogP contribution in [0.25, 0.3) is 0 Å². The molecule has 12 heavy (non-hydrogen) atoms. The zero-order valence-electron chi connectivity index (χ0n) is 8.97. The summed E-state index contributed by atoms with van der Waals surface area (Å²) in [5.41, 5.74) is 0. The number of rotatable bonds is 4. The van der Waals surface area contributed by atoms with Crippen LogP contribution in [0.4, 0.5) is 0 Å². The fraction of sp³-hybridized carbons (Fsp3) is 0.900. The van der Waals surface area contributed by atoms with E-state index in [4.69, 9.17) is 0 Å². The normalized spacial score (nSPS) is 8.50. The van der Waals surface area contributed by atoms with Crippen LogP contribution < -0.4 is 0 Å². The summed E-state index contributed by atoms with van der Waals surface area (Å²) in [5, 5.41) is 0. The first-order valence-corrected chi connectivity index (χ1v) is 5.57. The van der Waals surface area contributed by atoms with Gasteiger partial charge in [-0.05, 0) is 6.16 Å². The van der Waals surface area contributed by atoms with Crippen LogP contribution in [0.2, 0.25) is 0 Å². The van der Waals surface area contributed by atoms with E-state index in [-0.39, 0.29) is 32.7 Å². The molecule has 0 amide bonds. The average Bonchev–Trinajstić information content (AvgIpc) is 2.06. The average molecular weight is 264 g/mol. The van der Waals surface area contributed by atoms with Crippen molar-refractivity contribution in [1.82, 2.24) is 0 Å². The number of unbranched alkanes of at least 4 members (excludes halogenated alkanes) is 1. The molecule has 0 saturated heterocycles. The first kappa shape index (κ1) is 19.2. The van der Waals surface area contributed by atoms with Crippen LogP contribution in [-0.2, 0) is 32.7 Å². The van der Waals surface area contributed by atoms with Gasteiger partial charge in [0.25, 0.3) is 0 Å². The molecule has 0 spiro atoms. The fourth-order valence-corrected chi connectivity index (χ4v) is 0.901. The van der Waals surface area contributed by atoms with Crippen molar-refractivity contribution in [3.8, 4) is 0 Å². The molecule has 0 aromatic heterocycles. The largest absolute Gasteiger partial charge is 0.340 e. The Kier molecular flexibility index (Phi) is 29.3. The predicted molar refractivity (Wildman–Crippen MR) is 58.9 cm³/mol. The molecular formula is C10H24PY-. The van der Waals surface area contributed by atoms with Crippen molar-refractivity contribution in [2.24, 2.45) is 5.92 Å². The van der Waals surface area contributed by atoms with Crippen molar-refractivity contribution in [2.45, 2.75) is 46.5 Å². The summed E-state index contributed by atoms with van der Waals surface area (Å²) in [6.07, 6.45) is 6.37. The van der Waals surface area contributed by atoms with E-state index in [1.807, 2.05) is 0 Å². The van der Waals surface area contributed by atoms with Gasteiger partial charge in [0.05, 0.1) is 0 Å². The molecule has 1 radical (unpaired) electrons. The SMILES string of the molecule is CCCCP.[CH2-]C(CC)CC.[Y]. The van der Waals surface area contributed by atoms with Crippen molar-refractivity contribution in [1.29, 1.82) is 0 Å². The molecule has 0 nitrogen and oxygen atoms in total. The van der Waals surface area contributed by atoms with Crippen molar-refractivity contribution < 1.29 is 32.7 Å². The van der Waals surface area contributed by atoms with Crippen LogP contribution in [0, 0.1) is 12.8 Å². The van der Waals surface area contributed by atoms with Crippen LogP contribution in [0.15, 0.2) is 0 Å². The quantitative estimate of drug-likeness (QED) is 0.533. The first-order chi connectivity index (χ1) is 5.22. The van der Waals surface area contributed by atoms with E-state index in [1.165, 1.54) is 31.8 Å². The van der Waals surface area contributed by atoms with Crippen LogP contribution in [-0.4, -0.2) is 6.16 Å². The Bertz CT molecular complexity index is 51.8. The molecule has 0 heterocycles. The van der Waals surface area contributed by atoms with Crippen molar-refractivity contribution in [3.05, 3.63) is 6.92 Å². The van der Waals surface area contributed by atoms with Gasteiger partial charge in [0, 0.05) is 32.7 Å². The Morgan fingerprint density at radius 1 is 1.17 bits per heavy atom. The molecule has 0 aliphatic heterocycles. The van der Waals surface area contributed by atoms with Crippen LogP contribution in [0.3, 0.4) is 0 Å². The summed E-state index contributed by atoms with van der Waals surface area (Å²) < 4.78 is 0. The summed E-state index contributed by atoms with van der Waals surface area (Å²) in [6.45, 7) is 10.4. The van der Waals surface area contributed by atoms with E-state index in [2.05, 4.69) is 36.9 Å². The van der Waals surface area contributed by atoms with Gasteiger partial charge in [0.2, 0.25) is 0 Å². The molecule has 1 unspecified atom stereocenters. The molecule has 0 aliphatic carbocycles. The topological polar surface area (TPSA) is 0 Å². The van der Waals surface area contributed by atoms with Gasteiger partial charge in [-0.2, -0.15) is 5.92 Å². The monoisotopic (exact) mass is 264 g/mol. The maximum atomic E-state index is 3.88. The van der Waals surface area contributed by atoms with Crippen molar-refractivity contribution in [3.63, 3.8) is 0 Å². The maximum Gasteiger partial charge on any atom is 0 e. The minimum Gasteiger partial charge on any atom is -0.340 e. The van der Waals surface area contributed by atoms with Gasteiger partial charge >= 0.3 is 0 Å². The molecule has 0 saturated carbocycles. The van der Waals surface area contributed by atoms with E-state index in [0.29, 0.717) is 5.92 Å². The second-order valence-electron chi connectivity index (χ2n) is 2.82. The summed E-state index contributed by atoms with van der Waals surface area (Å²) in [5.74, 6) is 0.685. The van der Waals surface area contributed by atoms with E-state index in [1.54, 1.807) is 0 Å². The van der Waals surface area contributed by atoms with E-state index in [9.17, 15) is 0 Å². The van der Waals surface area contributed by atoms with Crippen molar-refractivity contribution in [2.75, 3.05) is 6.16 Å². The second-order valence-corrected chi connectivity index (χ2v) is 3.40. The third-order valence-electron chi connectivity index (χ3n) is 1.71. The Hall–Kier alpha value is 1.53. The van der Waals surface area contributed by atoms with Gasteiger partial charge in [-0.3, -0.25) is 0 Å². The van der Waals surface area contributed by atoms with Crippen LogP contribution in [0.1, 0.15) is 46.5 Å².